The van der Waals surface area contributed by atoms with Crippen molar-refractivity contribution in [1.29, 1.82) is 0 Å². The smallest absolute Gasteiger partial charge is 0.213 e. The highest BCUT2D eigenvalue weighted by Crippen LogP contribution is 2.15. The predicted molar refractivity (Wildman–Crippen MR) is 74.4 cm³/mol. The van der Waals surface area contributed by atoms with Crippen LogP contribution in [0.1, 0.15) is 13.3 Å². The van der Waals surface area contributed by atoms with Crippen LogP contribution in [-0.4, -0.2) is 43.6 Å². The molecule has 0 atom stereocenters. The van der Waals surface area contributed by atoms with E-state index < -0.39 is 15.8 Å². The zero-order valence-corrected chi connectivity index (χ0v) is 12.4. The normalized spacial score (nSPS) is 11.8. The first kappa shape index (κ1) is 16.1. The molecule has 0 spiro atoms. The van der Waals surface area contributed by atoms with Gasteiger partial charge in [0.1, 0.15) is 0 Å². The minimum absolute atomic E-state index is 0.0737. The number of pyridine rings is 1. The van der Waals surface area contributed by atoms with Crippen LogP contribution in [0, 0.1) is 5.82 Å². The lowest BCUT2D eigenvalue weighted by Crippen LogP contribution is -2.30. The van der Waals surface area contributed by atoms with Crippen molar-refractivity contribution in [1.82, 2.24) is 9.29 Å². The quantitative estimate of drug-likeness (QED) is 0.782. The Kier molecular flexibility index (Phi) is 5.96. The zero-order valence-electron chi connectivity index (χ0n) is 10.9. The Labute approximate surface area is 117 Å². The summed E-state index contributed by atoms with van der Waals surface area (Å²) in [6.45, 7) is 2.39. The third-order valence-electron chi connectivity index (χ3n) is 2.59. The fourth-order valence-electron chi connectivity index (χ4n) is 1.41. The molecule has 19 heavy (non-hydrogen) atoms. The van der Waals surface area contributed by atoms with Gasteiger partial charge >= 0.3 is 0 Å². The summed E-state index contributed by atoms with van der Waals surface area (Å²) in [6, 6.07) is 1.17. The second kappa shape index (κ2) is 7.02. The number of anilines is 1. The molecule has 0 aliphatic carbocycles. The highest BCUT2D eigenvalue weighted by Gasteiger charge is 2.14. The van der Waals surface area contributed by atoms with Crippen molar-refractivity contribution in [3.05, 3.63) is 23.1 Å². The summed E-state index contributed by atoms with van der Waals surface area (Å²) in [5, 5.41) is 3.03. The second-order valence-electron chi connectivity index (χ2n) is 3.99. The van der Waals surface area contributed by atoms with E-state index in [4.69, 9.17) is 11.6 Å². The largest absolute Gasteiger partial charge is 0.368 e. The number of aromatic nitrogens is 1. The fourth-order valence-corrected chi connectivity index (χ4v) is 2.41. The van der Waals surface area contributed by atoms with Crippen molar-refractivity contribution in [2.75, 3.05) is 31.2 Å². The lowest BCUT2D eigenvalue weighted by molar-refractivity contribution is 0.466. The molecule has 108 valence electrons. The van der Waals surface area contributed by atoms with Crippen LogP contribution in [0.25, 0.3) is 0 Å². The van der Waals surface area contributed by atoms with E-state index in [-0.39, 0.29) is 16.6 Å². The minimum Gasteiger partial charge on any atom is -0.368 e. The molecule has 8 heteroatoms. The van der Waals surface area contributed by atoms with E-state index in [1.54, 1.807) is 6.92 Å². The third kappa shape index (κ3) is 4.93. The van der Waals surface area contributed by atoms with Crippen LogP contribution in [0.4, 0.5) is 10.2 Å². The zero-order chi connectivity index (χ0) is 14.5. The molecule has 1 aromatic heterocycles. The van der Waals surface area contributed by atoms with Crippen molar-refractivity contribution in [3.63, 3.8) is 0 Å². The van der Waals surface area contributed by atoms with Crippen molar-refractivity contribution in [2.24, 2.45) is 0 Å². The number of nitrogens with one attached hydrogen (secondary N) is 1. The van der Waals surface area contributed by atoms with Gasteiger partial charge in [0.05, 0.1) is 10.8 Å². The Balaban J connectivity index is 2.39. The Morgan fingerprint density at radius 3 is 2.79 bits per heavy atom. The molecule has 1 aromatic rings. The molecule has 1 rings (SSSR count). The Hall–Kier alpha value is -0.920. The van der Waals surface area contributed by atoms with Gasteiger partial charge in [-0.3, -0.25) is 0 Å². The highest BCUT2D eigenvalue weighted by molar-refractivity contribution is 7.89. The summed E-state index contributed by atoms with van der Waals surface area (Å²) in [5.41, 5.74) is 0. The molecule has 0 saturated carbocycles. The Morgan fingerprint density at radius 1 is 1.53 bits per heavy atom. The number of sulfonamides is 1. The van der Waals surface area contributed by atoms with Crippen LogP contribution >= 0.6 is 11.6 Å². The number of halogens is 2. The van der Waals surface area contributed by atoms with Crippen LogP contribution in [0.2, 0.25) is 5.02 Å². The maximum absolute atomic E-state index is 13.4. The monoisotopic (exact) mass is 309 g/mol. The lowest BCUT2D eigenvalue weighted by atomic mass is 10.4. The van der Waals surface area contributed by atoms with E-state index in [2.05, 4.69) is 10.3 Å². The van der Waals surface area contributed by atoms with Crippen LogP contribution in [0.5, 0.6) is 0 Å². The van der Waals surface area contributed by atoms with Crippen LogP contribution < -0.4 is 5.32 Å². The first-order valence-corrected chi connectivity index (χ1v) is 7.84. The molecule has 1 heterocycles. The Bertz CT molecular complexity index is 525. The molecule has 0 unspecified atom stereocenters. The molecular formula is C11H17ClFN3O2S. The predicted octanol–water partition coefficient (Wildman–Crippen LogP) is 1.96. The van der Waals surface area contributed by atoms with Crippen LogP contribution in [0.15, 0.2) is 12.3 Å². The lowest BCUT2D eigenvalue weighted by Gasteiger charge is -2.16. The summed E-state index contributed by atoms with van der Waals surface area (Å²) >= 11 is 5.58. The topological polar surface area (TPSA) is 62.3 Å². The molecular weight excluding hydrogens is 293 g/mol. The second-order valence-corrected chi connectivity index (χ2v) is 6.79. The van der Waals surface area contributed by atoms with E-state index >= 15 is 0 Å². The number of rotatable bonds is 7. The molecule has 0 aromatic carbocycles. The van der Waals surface area contributed by atoms with Gasteiger partial charge in [-0.15, -0.1) is 0 Å². The van der Waals surface area contributed by atoms with E-state index in [0.717, 1.165) is 0 Å². The first-order chi connectivity index (χ1) is 8.86. The average molecular weight is 310 g/mol. The summed E-state index contributed by atoms with van der Waals surface area (Å²) in [6.07, 6.45) is 1.90. The molecule has 1 N–H and O–H groups in total. The van der Waals surface area contributed by atoms with Gasteiger partial charge in [-0.05, 0) is 19.4 Å². The van der Waals surface area contributed by atoms with Gasteiger partial charge in [0.15, 0.2) is 11.6 Å². The third-order valence-corrected chi connectivity index (χ3v) is 4.66. The molecule has 0 aliphatic rings. The number of hydrogen-bond acceptors (Lipinski definition) is 4. The van der Waals surface area contributed by atoms with E-state index in [1.807, 2.05) is 0 Å². The van der Waals surface area contributed by atoms with Gasteiger partial charge in [0.2, 0.25) is 10.0 Å². The van der Waals surface area contributed by atoms with E-state index in [9.17, 15) is 12.8 Å². The van der Waals surface area contributed by atoms with E-state index in [0.29, 0.717) is 19.5 Å². The molecule has 0 aliphatic heterocycles. The van der Waals surface area contributed by atoms with Crippen molar-refractivity contribution in [2.45, 2.75) is 13.3 Å². The van der Waals surface area contributed by atoms with Crippen LogP contribution in [-0.2, 0) is 10.0 Å². The number of hydrogen-bond donors (Lipinski definition) is 1. The van der Waals surface area contributed by atoms with Gasteiger partial charge in [-0.25, -0.2) is 22.1 Å². The van der Waals surface area contributed by atoms with Gasteiger partial charge in [0.25, 0.3) is 0 Å². The molecule has 0 bridgehead atoms. The highest BCUT2D eigenvalue weighted by atomic mass is 35.5. The molecule has 5 nitrogen and oxygen atoms in total. The average Bonchev–Trinajstić information content (AvgIpc) is 2.36. The molecule has 0 saturated heterocycles. The fraction of sp³-hybridized carbons (Fsp3) is 0.545. The van der Waals surface area contributed by atoms with Gasteiger partial charge in [-0.2, -0.15) is 0 Å². The van der Waals surface area contributed by atoms with Crippen molar-refractivity contribution >= 4 is 27.4 Å². The summed E-state index contributed by atoms with van der Waals surface area (Å²) in [5.74, 6) is -0.336. The van der Waals surface area contributed by atoms with Gasteiger partial charge in [-0.1, -0.05) is 11.6 Å². The molecule has 0 fully saturated rings. The Morgan fingerprint density at radius 2 is 2.21 bits per heavy atom. The summed E-state index contributed by atoms with van der Waals surface area (Å²) < 4.78 is 37.6. The van der Waals surface area contributed by atoms with E-state index in [1.165, 1.54) is 23.6 Å². The van der Waals surface area contributed by atoms with Crippen LogP contribution in [0.3, 0.4) is 0 Å². The first-order valence-electron chi connectivity index (χ1n) is 5.85. The molecule has 0 amide bonds. The maximum Gasteiger partial charge on any atom is 0.213 e. The van der Waals surface area contributed by atoms with Gasteiger partial charge < -0.3 is 5.32 Å². The molecule has 0 radical (unpaired) electrons. The standard InChI is InChI=1S/C11H17ClFN3O2S/c1-3-19(17,18)16(2)6-4-5-14-11-10(13)7-9(12)8-15-11/h7-8H,3-6H2,1-2H3,(H,14,15). The van der Waals surface area contributed by atoms with Gasteiger partial charge in [0, 0.05) is 26.3 Å². The minimum atomic E-state index is -3.16. The maximum atomic E-state index is 13.4. The summed E-state index contributed by atoms with van der Waals surface area (Å²) in [7, 11) is -1.63. The summed E-state index contributed by atoms with van der Waals surface area (Å²) in [4.78, 5) is 3.81. The number of nitrogens with zero attached hydrogens (tertiary/aromatic N) is 2. The SMILES string of the molecule is CCS(=O)(=O)N(C)CCCNc1ncc(Cl)cc1F. The van der Waals surface area contributed by atoms with Crippen molar-refractivity contribution in [3.8, 4) is 0 Å². The van der Waals surface area contributed by atoms with Crippen molar-refractivity contribution < 1.29 is 12.8 Å².